The van der Waals surface area contributed by atoms with E-state index in [2.05, 4.69) is 0 Å². The summed E-state index contributed by atoms with van der Waals surface area (Å²) >= 11 is 0. The fourth-order valence-corrected chi connectivity index (χ4v) is 5.60. The van der Waals surface area contributed by atoms with Gasteiger partial charge in [-0.1, -0.05) is 18.2 Å². The van der Waals surface area contributed by atoms with Gasteiger partial charge in [0.2, 0.25) is 0 Å². The van der Waals surface area contributed by atoms with Gasteiger partial charge in [-0.15, -0.1) is 0 Å². The van der Waals surface area contributed by atoms with E-state index in [0.717, 1.165) is 0 Å². The number of likely N-dealkylation sites (N-methyl/N-ethyl adjacent to an activating group) is 1. The summed E-state index contributed by atoms with van der Waals surface area (Å²) < 4.78 is 25.4. The number of rotatable bonds is 4. The van der Waals surface area contributed by atoms with Crippen molar-refractivity contribution >= 4 is 23.3 Å². The van der Waals surface area contributed by atoms with E-state index in [4.69, 9.17) is 9.47 Å². The number of anilines is 1. The molecule has 3 heterocycles. The maximum Gasteiger partial charge on any atom is 0.290 e. The van der Waals surface area contributed by atoms with E-state index >= 15 is 0 Å². The van der Waals surface area contributed by atoms with Crippen LogP contribution in [0.1, 0.15) is 31.2 Å². The van der Waals surface area contributed by atoms with Crippen LogP contribution in [0.25, 0.3) is 0 Å². The molecule has 0 N–H and O–H groups in total. The number of ether oxygens (including phenoxy) is 2. The highest BCUT2D eigenvalue weighted by Gasteiger charge is 2.67. The predicted octanol–water partition coefficient (Wildman–Crippen LogP) is 2.10. The Morgan fingerprint density at radius 1 is 1.23 bits per heavy atom. The minimum Gasteiger partial charge on any atom is -0.483 e. The molecule has 0 aromatic heterocycles. The van der Waals surface area contributed by atoms with Crippen molar-refractivity contribution < 1.29 is 28.2 Å². The first-order valence-electron chi connectivity index (χ1n) is 10.7. The standard InChI is InChI=1S/C23H25FN2O5/c1-25-16-7-4-3-6-15(16)23(22(25)29)18-19(27)14-12-13(24)8-9-17(14)31-20(18)21(28)26(23)10-5-11-30-2/h3-4,6-7,13-14,17H,5,8-12H2,1-2H3. The molecule has 1 spiro atoms. The Hall–Kier alpha value is -2.74. The largest absolute Gasteiger partial charge is 0.483 e. The number of carbonyl (C=O) groups excluding carboxylic acids is 3. The van der Waals surface area contributed by atoms with Gasteiger partial charge in [0.05, 0.1) is 11.5 Å². The van der Waals surface area contributed by atoms with Gasteiger partial charge >= 0.3 is 0 Å². The Bertz CT molecular complexity index is 1010. The number of amides is 2. The second-order valence-electron chi connectivity index (χ2n) is 8.64. The van der Waals surface area contributed by atoms with Crippen molar-refractivity contribution in [3.05, 3.63) is 41.2 Å². The molecular weight excluding hydrogens is 403 g/mol. The van der Waals surface area contributed by atoms with Crippen LogP contribution in [0.15, 0.2) is 35.6 Å². The second kappa shape index (κ2) is 7.15. The van der Waals surface area contributed by atoms with Crippen molar-refractivity contribution in [2.24, 2.45) is 5.92 Å². The molecule has 1 aliphatic carbocycles. The molecule has 1 aromatic rings. The highest BCUT2D eigenvalue weighted by atomic mass is 19.1. The fourth-order valence-electron chi connectivity index (χ4n) is 5.60. The monoisotopic (exact) mass is 428 g/mol. The number of para-hydroxylation sites is 1. The number of nitrogens with zero attached hydrogens (tertiary/aromatic N) is 2. The highest BCUT2D eigenvalue weighted by Crippen LogP contribution is 2.56. The number of methoxy groups -OCH3 is 1. The number of ketones is 1. The van der Waals surface area contributed by atoms with Crippen LogP contribution >= 0.6 is 0 Å². The molecule has 3 aliphatic heterocycles. The third-order valence-electron chi connectivity index (χ3n) is 7.01. The number of hydrogen-bond acceptors (Lipinski definition) is 5. The SMILES string of the molecule is COCCCN1C(=O)C2=C(C(=O)C3CC(F)CCC3O2)C12C(=O)N(C)c1ccccc12. The van der Waals surface area contributed by atoms with Crippen LogP contribution in [0.2, 0.25) is 0 Å². The topological polar surface area (TPSA) is 76.1 Å². The summed E-state index contributed by atoms with van der Waals surface area (Å²) in [6, 6.07) is 7.18. The number of Topliss-reactive ketones (excluding diaryl/α,β-unsaturated/α-hetero) is 1. The molecule has 1 aromatic carbocycles. The molecule has 0 saturated heterocycles. The summed E-state index contributed by atoms with van der Waals surface area (Å²) in [6.45, 7) is 0.630. The first kappa shape index (κ1) is 20.2. The molecule has 0 bridgehead atoms. The van der Waals surface area contributed by atoms with E-state index in [9.17, 15) is 18.8 Å². The zero-order chi connectivity index (χ0) is 21.9. The lowest BCUT2D eigenvalue weighted by molar-refractivity contribution is -0.140. The molecule has 4 unspecified atom stereocenters. The van der Waals surface area contributed by atoms with Crippen molar-refractivity contribution in [3.63, 3.8) is 0 Å². The smallest absolute Gasteiger partial charge is 0.290 e. The van der Waals surface area contributed by atoms with Gasteiger partial charge in [0.1, 0.15) is 12.3 Å². The third kappa shape index (κ3) is 2.57. The minimum atomic E-state index is -1.57. The van der Waals surface area contributed by atoms with Gasteiger partial charge < -0.3 is 19.3 Å². The van der Waals surface area contributed by atoms with Crippen LogP contribution in [-0.4, -0.2) is 62.1 Å². The molecule has 4 atom stereocenters. The summed E-state index contributed by atoms with van der Waals surface area (Å²) in [7, 11) is 3.21. The van der Waals surface area contributed by atoms with E-state index in [1.54, 1.807) is 32.4 Å². The van der Waals surface area contributed by atoms with Gasteiger partial charge in [-0.3, -0.25) is 14.4 Å². The van der Waals surface area contributed by atoms with Gasteiger partial charge in [0.15, 0.2) is 17.1 Å². The first-order valence-corrected chi connectivity index (χ1v) is 10.7. The van der Waals surface area contributed by atoms with Crippen molar-refractivity contribution in [2.45, 2.75) is 43.5 Å². The summed E-state index contributed by atoms with van der Waals surface area (Å²) in [5, 5.41) is 0. The Morgan fingerprint density at radius 2 is 2.00 bits per heavy atom. The zero-order valence-electron chi connectivity index (χ0n) is 17.6. The quantitative estimate of drug-likeness (QED) is 0.687. The van der Waals surface area contributed by atoms with Gasteiger partial charge in [-0.05, 0) is 31.7 Å². The summed E-state index contributed by atoms with van der Waals surface area (Å²) in [4.78, 5) is 44.0. The number of hydrogen-bond donors (Lipinski definition) is 0. The minimum absolute atomic E-state index is 0.0422. The molecule has 5 rings (SSSR count). The van der Waals surface area contributed by atoms with Gasteiger partial charge in [-0.25, -0.2) is 4.39 Å². The molecule has 31 heavy (non-hydrogen) atoms. The van der Waals surface area contributed by atoms with Gasteiger partial charge in [0.25, 0.3) is 11.8 Å². The molecule has 0 radical (unpaired) electrons. The van der Waals surface area contributed by atoms with Crippen LogP contribution < -0.4 is 4.90 Å². The molecular formula is C23H25FN2O5. The second-order valence-corrected chi connectivity index (χ2v) is 8.64. The van der Waals surface area contributed by atoms with Gasteiger partial charge in [-0.2, -0.15) is 0 Å². The van der Waals surface area contributed by atoms with Crippen LogP contribution in [-0.2, 0) is 29.4 Å². The molecule has 4 aliphatic rings. The predicted molar refractivity (Wildman–Crippen MR) is 109 cm³/mol. The summed E-state index contributed by atoms with van der Waals surface area (Å²) in [5.41, 5.74) is -0.266. The van der Waals surface area contributed by atoms with Crippen molar-refractivity contribution in [2.75, 3.05) is 32.2 Å². The number of alkyl halides is 1. The maximum atomic E-state index is 14.2. The van der Waals surface area contributed by atoms with Crippen molar-refractivity contribution in [3.8, 4) is 0 Å². The highest BCUT2D eigenvalue weighted by molar-refractivity contribution is 6.23. The Labute approximate surface area is 179 Å². The lowest BCUT2D eigenvalue weighted by Gasteiger charge is -2.39. The van der Waals surface area contributed by atoms with Crippen molar-refractivity contribution in [1.29, 1.82) is 0 Å². The number of benzene rings is 1. The molecule has 1 saturated carbocycles. The van der Waals surface area contributed by atoms with Crippen LogP contribution in [0.4, 0.5) is 10.1 Å². The lowest BCUT2D eigenvalue weighted by atomic mass is 9.72. The van der Waals surface area contributed by atoms with Crippen LogP contribution in [0.5, 0.6) is 0 Å². The molecule has 164 valence electrons. The maximum absolute atomic E-state index is 14.2. The van der Waals surface area contributed by atoms with Crippen molar-refractivity contribution in [1.82, 2.24) is 4.90 Å². The first-order chi connectivity index (χ1) is 14.9. The van der Waals surface area contributed by atoms with Crippen LogP contribution in [0.3, 0.4) is 0 Å². The number of halogens is 1. The van der Waals surface area contributed by atoms with E-state index < -0.39 is 29.6 Å². The Balaban J connectivity index is 1.70. The van der Waals surface area contributed by atoms with E-state index in [1.807, 2.05) is 6.07 Å². The molecule has 1 fully saturated rings. The zero-order valence-corrected chi connectivity index (χ0v) is 17.6. The normalized spacial score (nSPS) is 31.8. The number of fused-ring (bicyclic) bond motifs is 4. The Morgan fingerprint density at radius 3 is 2.77 bits per heavy atom. The molecule has 8 heteroatoms. The summed E-state index contributed by atoms with van der Waals surface area (Å²) in [6.07, 6.45) is -0.378. The van der Waals surface area contributed by atoms with Crippen LogP contribution in [0, 0.1) is 5.92 Å². The average molecular weight is 428 g/mol. The third-order valence-corrected chi connectivity index (χ3v) is 7.01. The summed E-state index contributed by atoms with van der Waals surface area (Å²) in [5.74, 6) is -1.89. The number of carbonyl (C=O) groups is 3. The molecule has 2 amide bonds. The van der Waals surface area contributed by atoms with E-state index in [1.165, 1.54) is 9.80 Å². The van der Waals surface area contributed by atoms with Gasteiger partial charge in [0, 0.05) is 38.6 Å². The average Bonchev–Trinajstić information content (AvgIpc) is 3.15. The fraction of sp³-hybridized carbons (Fsp3) is 0.522. The van der Waals surface area contributed by atoms with E-state index in [-0.39, 0.29) is 36.0 Å². The lowest BCUT2D eigenvalue weighted by Crippen LogP contribution is -2.54. The van der Waals surface area contributed by atoms with E-state index in [0.29, 0.717) is 37.1 Å². The molecule has 7 nitrogen and oxygen atoms in total. The Kier molecular flexibility index (Phi) is 4.66.